The lowest BCUT2D eigenvalue weighted by atomic mass is 10.2. The fourth-order valence-electron chi connectivity index (χ4n) is 1.94. The van der Waals surface area contributed by atoms with Gasteiger partial charge in [0.1, 0.15) is 5.82 Å². The van der Waals surface area contributed by atoms with Crippen molar-refractivity contribution < 1.29 is 4.79 Å². The fraction of sp³-hybridized carbons (Fsp3) is 0.0714. The van der Waals surface area contributed by atoms with Gasteiger partial charge in [-0.2, -0.15) is 0 Å². The van der Waals surface area contributed by atoms with E-state index in [0.717, 1.165) is 11.0 Å². The minimum Gasteiger partial charge on any atom is -0.345 e. The third-order valence-corrected chi connectivity index (χ3v) is 2.89. The van der Waals surface area contributed by atoms with Crippen molar-refractivity contribution in [3.63, 3.8) is 0 Å². The molecule has 1 amide bonds. The monoisotopic (exact) mass is 268 g/mol. The van der Waals surface area contributed by atoms with E-state index in [1.165, 1.54) is 12.3 Å². The predicted octanol–water partition coefficient (Wildman–Crippen LogP) is 1.18. The number of nitrogens with zero attached hydrogens (tertiary/aromatic N) is 1. The molecule has 0 atom stereocenters. The van der Waals surface area contributed by atoms with Crippen LogP contribution in [0.15, 0.2) is 47.4 Å². The molecule has 6 nitrogen and oxygen atoms in total. The number of aromatic nitrogens is 3. The van der Waals surface area contributed by atoms with E-state index in [1.54, 1.807) is 6.07 Å². The molecular formula is C14H12N4O2. The molecular weight excluding hydrogens is 256 g/mol. The Hall–Kier alpha value is -2.89. The van der Waals surface area contributed by atoms with Crippen molar-refractivity contribution in [3.05, 3.63) is 64.3 Å². The van der Waals surface area contributed by atoms with Gasteiger partial charge in [-0.05, 0) is 18.2 Å². The average molecular weight is 268 g/mol. The Balaban J connectivity index is 1.73. The Morgan fingerprint density at radius 1 is 1.25 bits per heavy atom. The van der Waals surface area contributed by atoms with Crippen molar-refractivity contribution in [3.8, 4) is 0 Å². The maximum Gasteiger partial charge on any atom is 0.251 e. The van der Waals surface area contributed by atoms with Gasteiger partial charge in [0.15, 0.2) is 0 Å². The summed E-state index contributed by atoms with van der Waals surface area (Å²) < 4.78 is 0. The molecule has 0 saturated carbocycles. The largest absolute Gasteiger partial charge is 0.345 e. The van der Waals surface area contributed by atoms with E-state index < -0.39 is 0 Å². The van der Waals surface area contributed by atoms with Gasteiger partial charge < -0.3 is 15.3 Å². The Morgan fingerprint density at radius 2 is 2.10 bits per heavy atom. The number of imidazole rings is 1. The highest BCUT2D eigenvalue weighted by atomic mass is 16.2. The molecule has 0 spiro atoms. The zero-order chi connectivity index (χ0) is 13.9. The number of para-hydroxylation sites is 2. The summed E-state index contributed by atoms with van der Waals surface area (Å²) in [6.07, 6.45) is 1.44. The van der Waals surface area contributed by atoms with Crippen molar-refractivity contribution in [1.29, 1.82) is 0 Å². The van der Waals surface area contributed by atoms with Gasteiger partial charge in [0.25, 0.3) is 5.91 Å². The number of carbonyl (C=O) groups excluding carboxylic acids is 1. The van der Waals surface area contributed by atoms with E-state index in [0.29, 0.717) is 11.4 Å². The second-order valence-corrected chi connectivity index (χ2v) is 4.32. The van der Waals surface area contributed by atoms with E-state index >= 15 is 0 Å². The van der Waals surface area contributed by atoms with Gasteiger partial charge in [-0.25, -0.2) is 4.98 Å². The van der Waals surface area contributed by atoms with Crippen LogP contribution in [0.3, 0.4) is 0 Å². The second kappa shape index (κ2) is 5.00. The molecule has 100 valence electrons. The SMILES string of the molecule is O=C(NCc1nc2ccccc2[nH]1)c1cc[nH]c(=O)c1. The molecule has 2 heterocycles. The van der Waals surface area contributed by atoms with Crippen LogP contribution in [0.1, 0.15) is 16.2 Å². The summed E-state index contributed by atoms with van der Waals surface area (Å²) in [5.41, 5.74) is 1.80. The van der Waals surface area contributed by atoms with Gasteiger partial charge in [0, 0.05) is 17.8 Å². The summed E-state index contributed by atoms with van der Waals surface area (Å²) in [7, 11) is 0. The molecule has 20 heavy (non-hydrogen) atoms. The van der Waals surface area contributed by atoms with E-state index in [-0.39, 0.29) is 18.0 Å². The molecule has 0 aliphatic carbocycles. The van der Waals surface area contributed by atoms with Crippen molar-refractivity contribution in [2.24, 2.45) is 0 Å². The lowest BCUT2D eigenvalue weighted by molar-refractivity contribution is 0.0949. The summed E-state index contributed by atoms with van der Waals surface area (Å²) in [4.78, 5) is 33.0. The zero-order valence-corrected chi connectivity index (χ0v) is 10.5. The number of hydrogen-bond acceptors (Lipinski definition) is 3. The zero-order valence-electron chi connectivity index (χ0n) is 10.5. The summed E-state index contributed by atoms with van der Waals surface area (Å²) in [5.74, 6) is 0.362. The highest BCUT2D eigenvalue weighted by Gasteiger charge is 2.07. The van der Waals surface area contributed by atoms with Crippen LogP contribution in [0, 0.1) is 0 Å². The summed E-state index contributed by atoms with van der Waals surface area (Å²) in [6.45, 7) is 0.278. The summed E-state index contributed by atoms with van der Waals surface area (Å²) >= 11 is 0. The third kappa shape index (κ3) is 2.44. The minimum absolute atomic E-state index is 0.278. The number of nitrogens with one attached hydrogen (secondary N) is 3. The maximum absolute atomic E-state index is 11.9. The number of hydrogen-bond donors (Lipinski definition) is 3. The molecule has 0 fully saturated rings. The van der Waals surface area contributed by atoms with E-state index in [2.05, 4.69) is 20.3 Å². The first-order chi connectivity index (χ1) is 9.72. The standard InChI is InChI=1S/C14H12N4O2/c19-13-7-9(5-6-15-13)14(20)16-8-12-17-10-3-1-2-4-11(10)18-12/h1-7H,8H2,(H,15,19)(H,16,20)(H,17,18). The molecule has 2 aromatic heterocycles. The third-order valence-electron chi connectivity index (χ3n) is 2.89. The van der Waals surface area contributed by atoms with Crippen LogP contribution >= 0.6 is 0 Å². The van der Waals surface area contributed by atoms with Crippen molar-refractivity contribution >= 4 is 16.9 Å². The Labute approximate surface area is 113 Å². The van der Waals surface area contributed by atoms with Gasteiger partial charge in [-0.1, -0.05) is 12.1 Å². The number of pyridine rings is 1. The number of H-pyrrole nitrogens is 2. The number of carbonyl (C=O) groups is 1. The first-order valence-electron chi connectivity index (χ1n) is 6.13. The van der Waals surface area contributed by atoms with Crippen molar-refractivity contribution in [2.75, 3.05) is 0 Å². The predicted molar refractivity (Wildman–Crippen MR) is 74.3 cm³/mol. The number of amides is 1. The van der Waals surface area contributed by atoms with Gasteiger partial charge in [0.05, 0.1) is 17.6 Å². The highest BCUT2D eigenvalue weighted by molar-refractivity contribution is 5.93. The van der Waals surface area contributed by atoms with E-state index in [9.17, 15) is 9.59 Å². The Morgan fingerprint density at radius 3 is 2.90 bits per heavy atom. The quantitative estimate of drug-likeness (QED) is 0.666. The Kier molecular flexibility index (Phi) is 3.04. The number of rotatable bonds is 3. The molecule has 0 unspecified atom stereocenters. The molecule has 0 radical (unpaired) electrons. The summed E-state index contributed by atoms with van der Waals surface area (Å²) in [5, 5.41) is 2.72. The van der Waals surface area contributed by atoms with Crippen LogP contribution in [-0.4, -0.2) is 20.9 Å². The first kappa shape index (κ1) is 12.2. The molecule has 0 bridgehead atoms. The van der Waals surface area contributed by atoms with Crippen LogP contribution in [0.25, 0.3) is 11.0 Å². The molecule has 3 aromatic rings. The molecule has 0 saturated heterocycles. The van der Waals surface area contributed by atoms with Gasteiger partial charge in [-0.3, -0.25) is 9.59 Å². The molecule has 1 aromatic carbocycles. The Bertz CT molecular complexity index is 786. The van der Waals surface area contributed by atoms with E-state index in [1.807, 2.05) is 24.3 Å². The van der Waals surface area contributed by atoms with E-state index in [4.69, 9.17) is 0 Å². The van der Waals surface area contributed by atoms with Crippen LogP contribution in [0.5, 0.6) is 0 Å². The number of fused-ring (bicyclic) bond motifs is 1. The lowest BCUT2D eigenvalue weighted by Crippen LogP contribution is -2.24. The lowest BCUT2D eigenvalue weighted by Gasteiger charge is -2.02. The second-order valence-electron chi connectivity index (χ2n) is 4.32. The van der Waals surface area contributed by atoms with Gasteiger partial charge in [0.2, 0.25) is 5.56 Å². The topological polar surface area (TPSA) is 90.6 Å². The maximum atomic E-state index is 11.9. The smallest absolute Gasteiger partial charge is 0.251 e. The normalized spacial score (nSPS) is 10.6. The molecule has 0 aliphatic rings. The molecule has 6 heteroatoms. The number of aromatic amines is 2. The molecule has 0 aliphatic heterocycles. The van der Waals surface area contributed by atoms with Gasteiger partial charge >= 0.3 is 0 Å². The number of benzene rings is 1. The molecule has 3 N–H and O–H groups in total. The minimum atomic E-state index is -0.309. The fourth-order valence-corrected chi connectivity index (χ4v) is 1.94. The van der Waals surface area contributed by atoms with Crippen molar-refractivity contribution in [1.82, 2.24) is 20.3 Å². The summed E-state index contributed by atoms with van der Waals surface area (Å²) in [6, 6.07) is 10.4. The van der Waals surface area contributed by atoms with Gasteiger partial charge in [-0.15, -0.1) is 0 Å². The van der Waals surface area contributed by atoms with Crippen molar-refractivity contribution in [2.45, 2.75) is 6.54 Å². The van der Waals surface area contributed by atoms with Crippen LogP contribution in [0.4, 0.5) is 0 Å². The highest BCUT2D eigenvalue weighted by Crippen LogP contribution is 2.09. The van der Waals surface area contributed by atoms with Crippen LogP contribution in [0.2, 0.25) is 0 Å². The first-order valence-corrected chi connectivity index (χ1v) is 6.13. The van der Waals surface area contributed by atoms with Crippen LogP contribution < -0.4 is 10.9 Å². The molecule has 3 rings (SSSR count). The average Bonchev–Trinajstić information content (AvgIpc) is 2.87. The van der Waals surface area contributed by atoms with Crippen LogP contribution in [-0.2, 0) is 6.54 Å².